The first kappa shape index (κ1) is 14.0. The Labute approximate surface area is 120 Å². The number of hydrogen-bond donors (Lipinski definition) is 0. The van der Waals surface area contributed by atoms with E-state index in [1.165, 1.54) is 5.56 Å². The van der Waals surface area contributed by atoms with E-state index in [0.29, 0.717) is 12.1 Å². The third-order valence-electron chi connectivity index (χ3n) is 4.62. The lowest BCUT2D eigenvalue weighted by Gasteiger charge is -2.38. The minimum Gasteiger partial charge on any atom is -0.293 e. The van der Waals surface area contributed by atoms with E-state index in [-0.39, 0.29) is 11.7 Å². The first-order chi connectivity index (χ1) is 9.51. The smallest absolute Gasteiger partial charge is 0.293 e. The number of halogens is 1. The standard InChI is InChI=1S/C15H20FNO2S/c16-20(18,19)11-13-8-14-6-7-15(9-13)17(14)10-12-4-2-1-3-5-12/h1-5,13-15H,6-11H2. The van der Waals surface area contributed by atoms with Gasteiger partial charge in [-0.25, -0.2) is 0 Å². The molecule has 110 valence electrons. The van der Waals surface area contributed by atoms with Crippen LogP contribution in [0.2, 0.25) is 0 Å². The Morgan fingerprint density at radius 3 is 2.25 bits per heavy atom. The maximum Gasteiger partial charge on any atom is 0.302 e. The van der Waals surface area contributed by atoms with E-state index in [9.17, 15) is 12.3 Å². The second kappa shape index (κ2) is 5.45. The summed E-state index contributed by atoms with van der Waals surface area (Å²) in [5.41, 5.74) is 1.29. The molecule has 0 spiro atoms. The van der Waals surface area contributed by atoms with Gasteiger partial charge in [0.15, 0.2) is 0 Å². The average Bonchev–Trinajstić information content (AvgIpc) is 2.61. The monoisotopic (exact) mass is 297 g/mol. The van der Waals surface area contributed by atoms with Crippen LogP contribution >= 0.6 is 0 Å². The van der Waals surface area contributed by atoms with Crippen molar-refractivity contribution >= 4 is 10.2 Å². The van der Waals surface area contributed by atoms with Crippen molar-refractivity contribution in [1.29, 1.82) is 0 Å². The lowest BCUT2D eigenvalue weighted by Crippen LogP contribution is -2.43. The van der Waals surface area contributed by atoms with Gasteiger partial charge < -0.3 is 0 Å². The Balaban J connectivity index is 1.66. The van der Waals surface area contributed by atoms with Crippen molar-refractivity contribution in [2.45, 2.75) is 44.3 Å². The lowest BCUT2D eigenvalue weighted by molar-refractivity contribution is 0.103. The van der Waals surface area contributed by atoms with Crippen LogP contribution in [-0.2, 0) is 16.8 Å². The number of benzene rings is 1. The Hall–Kier alpha value is -0.940. The normalized spacial score (nSPS) is 30.6. The van der Waals surface area contributed by atoms with E-state index in [2.05, 4.69) is 17.0 Å². The van der Waals surface area contributed by atoms with Crippen molar-refractivity contribution in [3.05, 3.63) is 35.9 Å². The molecular formula is C15H20FNO2S. The molecule has 2 aliphatic heterocycles. The molecule has 20 heavy (non-hydrogen) atoms. The summed E-state index contributed by atoms with van der Waals surface area (Å²) in [4.78, 5) is 2.48. The highest BCUT2D eigenvalue weighted by atomic mass is 32.3. The van der Waals surface area contributed by atoms with Crippen LogP contribution < -0.4 is 0 Å². The summed E-state index contributed by atoms with van der Waals surface area (Å²) in [6.07, 6.45) is 3.85. The van der Waals surface area contributed by atoms with E-state index < -0.39 is 10.2 Å². The van der Waals surface area contributed by atoms with Crippen molar-refractivity contribution in [3.8, 4) is 0 Å². The Bertz CT molecular complexity index is 546. The van der Waals surface area contributed by atoms with Crippen molar-refractivity contribution in [2.75, 3.05) is 5.75 Å². The van der Waals surface area contributed by atoms with Crippen LogP contribution in [0.25, 0.3) is 0 Å². The molecule has 1 aromatic carbocycles. The molecule has 2 aliphatic rings. The minimum absolute atomic E-state index is 0.00507. The molecule has 2 saturated heterocycles. The van der Waals surface area contributed by atoms with Gasteiger partial charge in [0.2, 0.25) is 0 Å². The van der Waals surface area contributed by atoms with Crippen LogP contribution in [-0.4, -0.2) is 31.2 Å². The fourth-order valence-electron chi connectivity index (χ4n) is 3.86. The summed E-state index contributed by atoms with van der Waals surface area (Å²) in [5, 5.41) is 0. The first-order valence-electron chi connectivity index (χ1n) is 7.23. The van der Waals surface area contributed by atoms with E-state index in [1.807, 2.05) is 18.2 Å². The van der Waals surface area contributed by atoms with Gasteiger partial charge in [-0.1, -0.05) is 30.3 Å². The molecule has 0 amide bonds. The molecule has 2 bridgehead atoms. The third kappa shape index (κ3) is 3.20. The zero-order chi connectivity index (χ0) is 14.2. The van der Waals surface area contributed by atoms with Crippen molar-refractivity contribution in [2.24, 2.45) is 5.92 Å². The average molecular weight is 297 g/mol. The molecule has 0 saturated carbocycles. The van der Waals surface area contributed by atoms with Crippen LogP contribution in [0.15, 0.2) is 30.3 Å². The van der Waals surface area contributed by atoms with Crippen molar-refractivity contribution in [3.63, 3.8) is 0 Å². The van der Waals surface area contributed by atoms with Crippen LogP contribution in [0.5, 0.6) is 0 Å². The molecular weight excluding hydrogens is 277 g/mol. The number of rotatable bonds is 4. The molecule has 2 atom stereocenters. The van der Waals surface area contributed by atoms with E-state index >= 15 is 0 Å². The Kier molecular flexibility index (Phi) is 3.82. The van der Waals surface area contributed by atoms with Gasteiger partial charge in [0.05, 0.1) is 5.75 Å². The fraction of sp³-hybridized carbons (Fsp3) is 0.600. The van der Waals surface area contributed by atoms with Gasteiger partial charge in [-0.2, -0.15) is 8.42 Å². The van der Waals surface area contributed by atoms with Gasteiger partial charge in [-0.05, 0) is 37.2 Å². The maximum absolute atomic E-state index is 12.9. The van der Waals surface area contributed by atoms with Gasteiger partial charge in [-0.3, -0.25) is 4.90 Å². The fourth-order valence-corrected chi connectivity index (χ4v) is 4.69. The summed E-state index contributed by atoms with van der Waals surface area (Å²) < 4.78 is 34.5. The van der Waals surface area contributed by atoms with Crippen LogP contribution in [0.4, 0.5) is 3.89 Å². The topological polar surface area (TPSA) is 37.4 Å². The van der Waals surface area contributed by atoms with Crippen molar-refractivity contribution in [1.82, 2.24) is 4.90 Å². The van der Waals surface area contributed by atoms with Gasteiger partial charge >= 0.3 is 10.2 Å². The molecule has 0 aromatic heterocycles. The number of nitrogens with zero attached hydrogens (tertiary/aromatic N) is 1. The molecule has 3 nitrogen and oxygen atoms in total. The summed E-state index contributed by atoms with van der Waals surface area (Å²) >= 11 is 0. The largest absolute Gasteiger partial charge is 0.302 e. The highest BCUT2D eigenvalue weighted by Gasteiger charge is 2.41. The van der Waals surface area contributed by atoms with Gasteiger partial charge in [-0.15, -0.1) is 3.89 Å². The predicted molar refractivity (Wildman–Crippen MR) is 76.4 cm³/mol. The molecule has 1 aromatic rings. The Morgan fingerprint density at radius 2 is 1.70 bits per heavy atom. The lowest BCUT2D eigenvalue weighted by atomic mass is 9.92. The minimum atomic E-state index is -4.34. The SMILES string of the molecule is O=S(=O)(F)CC1CC2CCC(C1)N2Cc1ccccc1. The first-order valence-corrected chi connectivity index (χ1v) is 8.78. The van der Waals surface area contributed by atoms with Gasteiger partial charge in [0.1, 0.15) is 0 Å². The molecule has 2 unspecified atom stereocenters. The zero-order valence-corrected chi connectivity index (χ0v) is 12.2. The highest BCUT2D eigenvalue weighted by Crippen LogP contribution is 2.40. The molecule has 0 radical (unpaired) electrons. The molecule has 2 heterocycles. The van der Waals surface area contributed by atoms with E-state index in [1.54, 1.807) is 0 Å². The summed E-state index contributed by atoms with van der Waals surface area (Å²) in [6, 6.07) is 11.2. The molecule has 3 rings (SSSR count). The number of fused-ring (bicyclic) bond motifs is 2. The Morgan fingerprint density at radius 1 is 1.10 bits per heavy atom. The van der Waals surface area contributed by atoms with Crippen LogP contribution in [0.1, 0.15) is 31.2 Å². The van der Waals surface area contributed by atoms with E-state index in [4.69, 9.17) is 0 Å². The quantitative estimate of drug-likeness (QED) is 0.802. The number of hydrogen-bond acceptors (Lipinski definition) is 3. The molecule has 0 aliphatic carbocycles. The maximum atomic E-state index is 12.9. The molecule has 2 fully saturated rings. The summed E-state index contributed by atoms with van der Waals surface area (Å²) in [5.74, 6) is -0.298. The summed E-state index contributed by atoms with van der Waals surface area (Å²) in [6.45, 7) is 0.922. The highest BCUT2D eigenvalue weighted by molar-refractivity contribution is 7.86. The van der Waals surface area contributed by atoms with Crippen LogP contribution in [0.3, 0.4) is 0 Å². The predicted octanol–water partition coefficient (Wildman–Crippen LogP) is 2.73. The molecule has 0 N–H and O–H groups in total. The second-order valence-electron chi connectivity index (χ2n) is 6.09. The molecule has 5 heteroatoms. The van der Waals surface area contributed by atoms with Crippen LogP contribution in [0, 0.1) is 5.92 Å². The van der Waals surface area contributed by atoms with Gasteiger partial charge in [0, 0.05) is 18.6 Å². The van der Waals surface area contributed by atoms with E-state index in [0.717, 1.165) is 32.2 Å². The number of piperidine rings is 1. The zero-order valence-electron chi connectivity index (χ0n) is 11.4. The van der Waals surface area contributed by atoms with Gasteiger partial charge in [0.25, 0.3) is 0 Å². The summed E-state index contributed by atoms with van der Waals surface area (Å²) in [7, 11) is -4.34. The van der Waals surface area contributed by atoms with Crippen molar-refractivity contribution < 1.29 is 12.3 Å². The third-order valence-corrected chi connectivity index (χ3v) is 5.49. The second-order valence-corrected chi connectivity index (χ2v) is 7.50.